The lowest BCUT2D eigenvalue weighted by Gasteiger charge is -2.22. The summed E-state index contributed by atoms with van der Waals surface area (Å²) in [6, 6.07) is 20.7. The molecule has 5 aromatic rings. The average molecular weight is 611 g/mol. The Morgan fingerprint density at radius 3 is 2.47 bits per heavy atom. The van der Waals surface area contributed by atoms with Crippen LogP contribution in [0.2, 0.25) is 0 Å². The topological polar surface area (TPSA) is 143 Å². The quantitative estimate of drug-likeness (QED) is 0.164. The molecule has 45 heavy (non-hydrogen) atoms. The highest BCUT2D eigenvalue weighted by Crippen LogP contribution is 2.31. The number of H-pyrrole nitrogens is 1. The number of esters is 1. The van der Waals surface area contributed by atoms with Crippen molar-refractivity contribution in [2.24, 2.45) is 0 Å². The number of aromatic amines is 1. The molecule has 6 rings (SSSR count). The molecular weight excluding hydrogens is 576 g/mol. The molecule has 1 N–H and O–H groups in total. The number of carbonyl (C=O) groups is 2. The third-order valence-corrected chi connectivity index (χ3v) is 7.97. The van der Waals surface area contributed by atoms with Gasteiger partial charge in [-0.3, -0.25) is 4.57 Å². The SMILES string of the molecule is CCn1nnnc1-c1ccccc1-c1ccc(Cn2c(=O)[nH]c3cccc(C(=O)OC(C)OC(=O)OC4CCCCC4)c32)cc1. The third-order valence-electron chi connectivity index (χ3n) is 7.97. The molecule has 0 radical (unpaired) electrons. The first-order valence-electron chi connectivity index (χ1n) is 15.2. The van der Waals surface area contributed by atoms with Crippen LogP contribution >= 0.6 is 0 Å². The lowest BCUT2D eigenvalue weighted by atomic mass is 9.98. The molecule has 0 saturated heterocycles. The summed E-state index contributed by atoms with van der Waals surface area (Å²) in [6.45, 7) is 4.28. The standard InChI is InChI=1S/C33H34N6O6/c1-3-39-30(35-36-37-39)26-13-8-7-12-25(26)23-18-16-22(17-19-23)20-38-29-27(14-9-15-28(29)34-32(38)41)31(40)43-21(2)44-33(42)45-24-10-5-4-6-11-24/h7-9,12-19,21,24H,3-6,10-11,20H2,1-2H3,(H,34,41). The molecule has 1 saturated carbocycles. The molecule has 12 nitrogen and oxygen atoms in total. The van der Waals surface area contributed by atoms with Gasteiger partial charge in [-0.05, 0) is 71.9 Å². The van der Waals surface area contributed by atoms with E-state index < -0.39 is 18.4 Å². The number of carbonyl (C=O) groups excluding carboxylic acids is 2. The highest BCUT2D eigenvalue weighted by atomic mass is 16.8. The van der Waals surface area contributed by atoms with Gasteiger partial charge in [0.2, 0.25) is 6.29 Å². The number of aromatic nitrogens is 6. The summed E-state index contributed by atoms with van der Waals surface area (Å²) in [7, 11) is 0. The number of para-hydroxylation sites is 1. The van der Waals surface area contributed by atoms with E-state index in [0.717, 1.165) is 54.4 Å². The van der Waals surface area contributed by atoms with E-state index in [9.17, 15) is 14.4 Å². The number of nitrogens with zero attached hydrogens (tertiary/aromatic N) is 5. The van der Waals surface area contributed by atoms with Crippen LogP contribution in [0.15, 0.2) is 71.5 Å². The number of hydrogen-bond donors (Lipinski definition) is 1. The summed E-state index contributed by atoms with van der Waals surface area (Å²) in [6.07, 6.45) is 2.51. The number of imidazole rings is 1. The number of aryl methyl sites for hydroxylation is 1. The summed E-state index contributed by atoms with van der Waals surface area (Å²) >= 11 is 0. The van der Waals surface area contributed by atoms with Crippen molar-refractivity contribution in [1.82, 2.24) is 29.8 Å². The summed E-state index contributed by atoms with van der Waals surface area (Å²) in [5.41, 5.74) is 4.38. The van der Waals surface area contributed by atoms with Crippen LogP contribution in [0, 0.1) is 0 Å². The Kier molecular flexibility index (Phi) is 8.72. The zero-order valence-electron chi connectivity index (χ0n) is 25.1. The largest absolute Gasteiger partial charge is 0.511 e. The van der Waals surface area contributed by atoms with E-state index >= 15 is 0 Å². The Balaban J connectivity index is 1.20. The lowest BCUT2D eigenvalue weighted by molar-refractivity contribution is -0.0914. The van der Waals surface area contributed by atoms with E-state index in [1.807, 2.05) is 55.5 Å². The van der Waals surface area contributed by atoms with Gasteiger partial charge >= 0.3 is 17.8 Å². The number of rotatable bonds is 9. The predicted molar refractivity (Wildman–Crippen MR) is 165 cm³/mol. The summed E-state index contributed by atoms with van der Waals surface area (Å²) in [5.74, 6) is -0.0459. The normalized spacial score (nSPS) is 14.3. The summed E-state index contributed by atoms with van der Waals surface area (Å²) in [4.78, 5) is 41.3. The first-order valence-corrected chi connectivity index (χ1v) is 15.2. The maximum atomic E-state index is 13.2. The highest BCUT2D eigenvalue weighted by molar-refractivity contribution is 6.02. The second-order valence-corrected chi connectivity index (χ2v) is 11.0. The second-order valence-electron chi connectivity index (χ2n) is 11.0. The van der Waals surface area contributed by atoms with E-state index in [1.165, 1.54) is 11.5 Å². The minimum absolute atomic E-state index is 0.168. The molecule has 1 unspecified atom stereocenters. The Hall–Kier alpha value is -5.26. The van der Waals surface area contributed by atoms with E-state index in [1.54, 1.807) is 22.9 Å². The van der Waals surface area contributed by atoms with Crippen LogP contribution in [0.5, 0.6) is 0 Å². The van der Waals surface area contributed by atoms with Crippen LogP contribution in [0.1, 0.15) is 61.9 Å². The molecular formula is C33H34N6O6. The maximum Gasteiger partial charge on any atom is 0.511 e. The van der Waals surface area contributed by atoms with Gasteiger partial charge in [-0.15, -0.1) is 5.10 Å². The maximum absolute atomic E-state index is 13.2. The number of hydrogen-bond acceptors (Lipinski definition) is 9. The molecule has 1 fully saturated rings. The van der Waals surface area contributed by atoms with Gasteiger partial charge in [0.05, 0.1) is 23.1 Å². The fraction of sp³-hybridized carbons (Fsp3) is 0.333. The fourth-order valence-electron chi connectivity index (χ4n) is 5.77. The van der Waals surface area contributed by atoms with Crippen LogP contribution in [0.3, 0.4) is 0 Å². The van der Waals surface area contributed by atoms with Crippen LogP contribution in [-0.2, 0) is 27.3 Å². The van der Waals surface area contributed by atoms with E-state index in [0.29, 0.717) is 23.4 Å². The van der Waals surface area contributed by atoms with Gasteiger partial charge in [0, 0.05) is 19.0 Å². The van der Waals surface area contributed by atoms with Gasteiger partial charge in [0.15, 0.2) is 5.82 Å². The van der Waals surface area contributed by atoms with Gasteiger partial charge in [0.25, 0.3) is 0 Å². The van der Waals surface area contributed by atoms with E-state index in [4.69, 9.17) is 14.2 Å². The smallest absolute Gasteiger partial charge is 0.431 e. The molecule has 232 valence electrons. The zero-order valence-corrected chi connectivity index (χ0v) is 25.1. The minimum atomic E-state index is -1.18. The van der Waals surface area contributed by atoms with Crippen LogP contribution in [0.25, 0.3) is 33.5 Å². The molecule has 3 aromatic carbocycles. The van der Waals surface area contributed by atoms with Crippen LogP contribution in [0.4, 0.5) is 4.79 Å². The van der Waals surface area contributed by atoms with Gasteiger partial charge < -0.3 is 19.2 Å². The summed E-state index contributed by atoms with van der Waals surface area (Å²) in [5, 5.41) is 12.1. The molecule has 1 aliphatic rings. The van der Waals surface area contributed by atoms with Crippen molar-refractivity contribution in [3.05, 3.63) is 88.3 Å². The molecule has 0 spiro atoms. The highest BCUT2D eigenvalue weighted by Gasteiger charge is 2.24. The van der Waals surface area contributed by atoms with Crippen molar-refractivity contribution in [3.63, 3.8) is 0 Å². The number of fused-ring (bicyclic) bond motifs is 1. The first kappa shape index (κ1) is 29.8. The van der Waals surface area contributed by atoms with E-state index in [2.05, 4.69) is 20.5 Å². The van der Waals surface area contributed by atoms with Gasteiger partial charge in [-0.2, -0.15) is 0 Å². The molecule has 0 amide bonds. The van der Waals surface area contributed by atoms with Gasteiger partial charge in [-0.25, -0.2) is 19.1 Å². The van der Waals surface area contributed by atoms with Crippen molar-refractivity contribution < 1.29 is 23.8 Å². The Morgan fingerprint density at radius 1 is 0.956 bits per heavy atom. The lowest BCUT2D eigenvalue weighted by Crippen LogP contribution is -2.27. The van der Waals surface area contributed by atoms with Crippen molar-refractivity contribution in [1.29, 1.82) is 0 Å². The molecule has 12 heteroatoms. The molecule has 2 heterocycles. The van der Waals surface area contributed by atoms with Crippen molar-refractivity contribution in [2.45, 2.75) is 71.4 Å². The Bertz CT molecular complexity index is 1870. The number of benzene rings is 3. The predicted octanol–water partition coefficient (Wildman–Crippen LogP) is 5.71. The van der Waals surface area contributed by atoms with Gasteiger partial charge in [0.1, 0.15) is 6.10 Å². The molecule has 1 atom stereocenters. The average Bonchev–Trinajstić information content (AvgIpc) is 3.65. The molecule has 0 bridgehead atoms. The molecule has 2 aromatic heterocycles. The Labute approximate surface area is 258 Å². The molecule has 1 aliphatic carbocycles. The number of nitrogens with one attached hydrogen (secondary N) is 1. The number of tetrazole rings is 1. The first-order chi connectivity index (χ1) is 21.9. The van der Waals surface area contributed by atoms with Crippen molar-refractivity contribution in [3.8, 4) is 22.5 Å². The zero-order chi connectivity index (χ0) is 31.3. The van der Waals surface area contributed by atoms with Crippen LogP contribution < -0.4 is 5.69 Å². The minimum Gasteiger partial charge on any atom is -0.431 e. The van der Waals surface area contributed by atoms with Crippen molar-refractivity contribution in [2.75, 3.05) is 0 Å². The third kappa shape index (κ3) is 6.49. The second kappa shape index (κ2) is 13.2. The van der Waals surface area contributed by atoms with Crippen molar-refractivity contribution >= 4 is 23.2 Å². The number of ether oxygens (including phenoxy) is 3. The van der Waals surface area contributed by atoms with Gasteiger partial charge in [-0.1, -0.05) is 61.0 Å². The fourth-order valence-corrected chi connectivity index (χ4v) is 5.77. The summed E-state index contributed by atoms with van der Waals surface area (Å²) < 4.78 is 19.2. The van der Waals surface area contributed by atoms with Crippen LogP contribution in [-0.4, -0.2) is 54.3 Å². The molecule has 0 aliphatic heterocycles. The van der Waals surface area contributed by atoms with E-state index in [-0.39, 0.29) is 23.9 Å². The monoisotopic (exact) mass is 610 g/mol. The Morgan fingerprint density at radius 2 is 1.71 bits per heavy atom.